The second-order valence-corrected chi connectivity index (χ2v) is 5.46. The second kappa shape index (κ2) is 6.46. The lowest BCUT2D eigenvalue weighted by Crippen LogP contribution is -2.36. The first kappa shape index (κ1) is 15.8. The molecule has 7 nitrogen and oxygen atoms in total. The normalized spacial score (nSPS) is 12.1. The molecule has 2 aromatic rings. The van der Waals surface area contributed by atoms with E-state index in [1.807, 2.05) is 19.9 Å². The fraction of sp³-hybridized carbons (Fsp3) is 0.400. The number of nitrogens with zero attached hydrogens (tertiary/aromatic N) is 2. The number of rotatable bonds is 5. The SMILES string of the molecule is Cc1cc(CC(C)NC(=O)Cn2ccc(=O)c(O)c2C)n[nH]1. The number of nitrogens with one attached hydrogen (secondary N) is 2. The summed E-state index contributed by atoms with van der Waals surface area (Å²) in [4.78, 5) is 23.3. The van der Waals surface area contributed by atoms with Crippen molar-refractivity contribution in [2.24, 2.45) is 0 Å². The van der Waals surface area contributed by atoms with E-state index in [1.54, 1.807) is 6.92 Å². The Morgan fingerprint density at radius 1 is 1.50 bits per heavy atom. The molecule has 0 aliphatic rings. The standard InChI is InChI=1S/C15H20N4O3/c1-9(6-12-7-10(2)17-18-12)16-14(21)8-19-5-4-13(20)15(22)11(19)3/h4-5,7,9,22H,6,8H2,1-3H3,(H,16,21)(H,17,18). The van der Waals surface area contributed by atoms with Crippen molar-refractivity contribution in [3.8, 4) is 5.75 Å². The minimum Gasteiger partial charge on any atom is -0.503 e. The highest BCUT2D eigenvalue weighted by molar-refractivity contribution is 5.76. The zero-order valence-corrected chi connectivity index (χ0v) is 12.9. The number of aromatic nitrogens is 3. The zero-order valence-electron chi connectivity index (χ0n) is 12.9. The van der Waals surface area contributed by atoms with Gasteiger partial charge in [-0.15, -0.1) is 0 Å². The quantitative estimate of drug-likeness (QED) is 0.754. The maximum atomic E-state index is 12.0. The summed E-state index contributed by atoms with van der Waals surface area (Å²) in [5.74, 6) is -0.513. The lowest BCUT2D eigenvalue weighted by molar-refractivity contribution is -0.122. The molecular formula is C15H20N4O3. The first-order valence-electron chi connectivity index (χ1n) is 7.06. The Morgan fingerprint density at radius 3 is 2.86 bits per heavy atom. The molecule has 1 unspecified atom stereocenters. The van der Waals surface area contributed by atoms with Crippen molar-refractivity contribution in [1.29, 1.82) is 0 Å². The average molecular weight is 304 g/mol. The summed E-state index contributed by atoms with van der Waals surface area (Å²) in [6.45, 7) is 5.46. The second-order valence-electron chi connectivity index (χ2n) is 5.46. The molecule has 22 heavy (non-hydrogen) atoms. The van der Waals surface area contributed by atoms with Gasteiger partial charge in [0, 0.05) is 30.4 Å². The van der Waals surface area contributed by atoms with Gasteiger partial charge in [0.1, 0.15) is 6.54 Å². The van der Waals surface area contributed by atoms with Crippen LogP contribution in [0.1, 0.15) is 24.0 Å². The summed E-state index contributed by atoms with van der Waals surface area (Å²) in [5.41, 5.74) is 1.80. The van der Waals surface area contributed by atoms with Gasteiger partial charge in [-0.1, -0.05) is 0 Å². The molecule has 2 aromatic heterocycles. The maximum Gasteiger partial charge on any atom is 0.240 e. The van der Waals surface area contributed by atoms with Crippen LogP contribution in [0, 0.1) is 13.8 Å². The predicted molar refractivity (Wildman–Crippen MR) is 81.7 cm³/mol. The molecule has 2 rings (SSSR count). The minimum absolute atomic E-state index is 0.0452. The van der Waals surface area contributed by atoms with E-state index in [0.717, 1.165) is 11.4 Å². The summed E-state index contributed by atoms with van der Waals surface area (Å²) >= 11 is 0. The molecule has 3 N–H and O–H groups in total. The number of carbonyl (C=O) groups is 1. The van der Waals surface area contributed by atoms with E-state index in [9.17, 15) is 14.7 Å². The van der Waals surface area contributed by atoms with Crippen molar-refractivity contribution in [3.05, 3.63) is 45.6 Å². The van der Waals surface area contributed by atoms with E-state index in [1.165, 1.54) is 16.8 Å². The fourth-order valence-corrected chi connectivity index (χ4v) is 2.25. The summed E-state index contributed by atoms with van der Waals surface area (Å²) < 4.78 is 1.54. The van der Waals surface area contributed by atoms with Gasteiger partial charge in [-0.3, -0.25) is 14.7 Å². The highest BCUT2D eigenvalue weighted by Crippen LogP contribution is 2.09. The number of pyridine rings is 1. The lowest BCUT2D eigenvalue weighted by Gasteiger charge is -2.15. The van der Waals surface area contributed by atoms with E-state index >= 15 is 0 Å². The van der Waals surface area contributed by atoms with Crippen molar-refractivity contribution in [3.63, 3.8) is 0 Å². The molecule has 7 heteroatoms. The van der Waals surface area contributed by atoms with Crippen LogP contribution in [-0.2, 0) is 17.8 Å². The Hall–Kier alpha value is -2.57. The van der Waals surface area contributed by atoms with Crippen LogP contribution in [0.5, 0.6) is 5.75 Å². The van der Waals surface area contributed by atoms with Gasteiger partial charge in [0.05, 0.1) is 11.4 Å². The van der Waals surface area contributed by atoms with Crippen LogP contribution in [0.15, 0.2) is 23.1 Å². The molecule has 0 fully saturated rings. The van der Waals surface area contributed by atoms with Gasteiger partial charge in [0.15, 0.2) is 5.75 Å². The van der Waals surface area contributed by atoms with Crippen LogP contribution in [-0.4, -0.2) is 31.8 Å². The molecule has 0 bridgehead atoms. The van der Waals surface area contributed by atoms with Crippen LogP contribution in [0.2, 0.25) is 0 Å². The molecule has 0 saturated heterocycles. The molecule has 0 aliphatic heterocycles. The summed E-state index contributed by atoms with van der Waals surface area (Å²) in [7, 11) is 0. The Labute approximate surface area is 128 Å². The van der Waals surface area contributed by atoms with Gasteiger partial charge in [-0.05, 0) is 26.8 Å². The number of aryl methyl sites for hydroxylation is 1. The minimum atomic E-state index is -0.448. The molecule has 118 valence electrons. The van der Waals surface area contributed by atoms with Gasteiger partial charge >= 0.3 is 0 Å². The van der Waals surface area contributed by atoms with Crippen molar-refractivity contribution in [2.75, 3.05) is 0 Å². The number of hydrogen-bond acceptors (Lipinski definition) is 4. The number of carbonyl (C=O) groups excluding carboxylic acids is 1. The number of hydrogen-bond donors (Lipinski definition) is 3. The Morgan fingerprint density at radius 2 is 2.23 bits per heavy atom. The van der Waals surface area contributed by atoms with Gasteiger partial charge in [0.25, 0.3) is 0 Å². The molecule has 1 atom stereocenters. The highest BCUT2D eigenvalue weighted by Gasteiger charge is 2.12. The largest absolute Gasteiger partial charge is 0.503 e. The van der Waals surface area contributed by atoms with E-state index < -0.39 is 5.43 Å². The number of aromatic amines is 1. The van der Waals surface area contributed by atoms with Crippen molar-refractivity contribution in [2.45, 2.75) is 39.8 Å². The van der Waals surface area contributed by atoms with Crippen molar-refractivity contribution >= 4 is 5.91 Å². The molecular weight excluding hydrogens is 284 g/mol. The third-order valence-electron chi connectivity index (χ3n) is 3.41. The van der Waals surface area contributed by atoms with Crippen LogP contribution in [0.4, 0.5) is 0 Å². The first-order chi connectivity index (χ1) is 10.4. The van der Waals surface area contributed by atoms with Crippen LogP contribution >= 0.6 is 0 Å². The molecule has 1 amide bonds. The smallest absolute Gasteiger partial charge is 0.240 e. The monoisotopic (exact) mass is 304 g/mol. The fourth-order valence-electron chi connectivity index (χ4n) is 2.25. The Balaban J connectivity index is 1.95. The highest BCUT2D eigenvalue weighted by atomic mass is 16.3. The van der Waals surface area contributed by atoms with E-state index in [2.05, 4.69) is 15.5 Å². The van der Waals surface area contributed by atoms with Crippen LogP contribution in [0.25, 0.3) is 0 Å². The summed E-state index contributed by atoms with van der Waals surface area (Å²) in [5, 5.41) is 19.5. The lowest BCUT2D eigenvalue weighted by atomic mass is 10.2. The van der Waals surface area contributed by atoms with Crippen LogP contribution < -0.4 is 10.7 Å². The Kier molecular flexibility index (Phi) is 4.65. The molecule has 0 spiro atoms. The number of amides is 1. The predicted octanol–water partition coefficient (Wildman–Crippen LogP) is 0.641. The third-order valence-corrected chi connectivity index (χ3v) is 3.41. The van der Waals surface area contributed by atoms with Crippen molar-refractivity contribution < 1.29 is 9.90 Å². The topological polar surface area (TPSA) is 100 Å². The summed E-state index contributed by atoms with van der Waals surface area (Å²) in [6, 6.07) is 3.11. The molecule has 0 aromatic carbocycles. The number of H-pyrrole nitrogens is 1. The maximum absolute atomic E-state index is 12.0. The van der Waals surface area contributed by atoms with Gasteiger partial charge in [0.2, 0.25) is 11.3 Å². The molecule has 2 heterocycles. The molecule has 0 aliphatic carbocycles. The van der Waals surface area contributed by atoms with Gasteiger partial charge in [-0.2, -0.15) is 5.10 Å². The molecule has 0 radical (unpaired) electrons. The molecule has 0 saturated carbocycles. The van der Waals surface area contributed by atoms with Crippen LogP contribution in [0.3, 0.4) is 0 Å². The Bertz CT molecular complexity index is 733. The zero-order chi connectivity index (χ0) is 16.3. The number of aromatic hydroxyl groups is 1. The van der Waals surface area contributed by atoms with E-state index in [-0.39, 0.29) is 24.2 Å². The van der Waals surface area contributed by atoms with Crippen molar-refractivity contribution in [1.82, 2.24) is 20.1 Å². The third kappa shape index (κ3) is 3.75. The summed E-state index contributed by atoms with van der Waals surface area (Å²) in [6.07, 6.45) is 2.13. The average Bonchev–Trinajstić information content (AvgIpc) is 2.84. The first-order valence-corrected chi connectivity index (χ1v) is 7.06. The van der Waals surface area contributed by atoms with E-state index in [0.29, 0.717) is 12.1 Å². The van der Waals surface area contributed by atoms with Gasteiger partial charge in [-0.25, -0.2) is 0 Å². The van der Waals surface area contributed by atoms with E-state index in [4.69, 9.17) is 0 Å². The van der Waals surface area contributed by atoms with Gasteiger partial charge < -0.3 is 15.0 Å².